The molecule has 0 atom stereocenters. The van der Waals surface area contributed by atoms with Crippen molar-refractivity contribution < 1.29 is 4.79 Å². The van der Waals surface area contributed by atoms with Gasteiger partial charge >= 0.3 is 0 Å². The fourth-order valence-corrected chi connectivity index (χ4v) is 3.18. The Hall–Kier alpha value is -1.18. The van der Waals surface area contributed by atoms with Crippen LogP contribution in [0.5, 0.6) is 0 Å². The quantitative estimate of drug-likeness (QED) is 0.902. The molecule has 2 N–H and O–H groups in total. The van der Waals surface area contributed by atoms with Crippen LogP contribution >= 0.6 is 27.3 Å². The van der Waals surface area contributed by atoms with Gasteiger partial charge in [0, 0.05) is 41.1 Å². The molecule has 2 rings (SSSR count). The fraction of sp³-hybridized carbons (Fsp3) is 0.333. The van der Waals surface area contributed by atoms with Gasteiger partial charge in [0.05, 0.1) is 12.9 Å². The molecule has 0 saturated carbocycles. The van der Waals surface area contributed by atoms with Gasteiger partial charge in [-0.15, -0.1) is 11.3 Å². The van der Waals surface area contributed by atoms with Gasteiger partial charge in [0.15, 0.2) is 0 Å². The zero-order valence-electron chi connectivity index (χ0n) is 10.5. The molecule has 0 radical (unpaired) electrons. The monoisotopic (exact) mass is 342 g/mol. The Morgan fingerprint density at radius 2 is 2.42 bits per heavy atom. The Labute approximate surface area is 124 Å². The van der Waals surface area contributed by atoms with E-state index in [1.807, 2.05) is 16.0 Å². The van der Waals surface area contributed by atoms with E-state index in [0.29, 0.717) is 25.3 Å². The lowest BCUT2D eigenvalue weighted by Gasteiger charge is -2.14. The third-order valence-electron chi connectivity index (χ3n) is 2.60. The van der Waals surface area contributed by atoms with Gasteiger partial charge in [-0.25, -0.2) is 4.98 Å². The highest BCUT2D eigenvalue weighted by Crippen LogP contribution is 2.21. The highest BCUT2D eigenvalue weighted by Gasteiger charge is 2.15. The molecule has 0 unspecified atom stereocenters. The van der Waals surface area contributed by atoms with Crippen molar-refractivity contribution in [1.82, 2.24) is 14.5 Å². The third kappa shape index (κ3) is 3.65. The second-order valence-corrected chi connectivity index (χ2v) is 6.09. The minimum Gasteiger partial charge on any atom is -0.335 e. The summed E-state index contributed by atoms with van der Waals surface area (Å²) in [6.07, 6.45) is 3.37. The number of hydrogen-bond donors (Lipinski definition) is 1. The molecule has 0 aromatic carbocycles. The maximum Gasteiger partial charge on any atom is 0.274 e. The molecule has 0 spiro atoms. The Morgan fingerprint density at radius 3 is 3.05 bits per heavy atom. The largest absolute Gasteiger partial charge is 0.335 e. The number of carbonyl (C=O) groups is 1. The molecule has 2 aromatic heterocycles. The summed E-state index contributed by atoms with van der Waals surface area (Å²) >= 11 is 5.02. The molecular weight excluding hydrogens is 328 g/mol. The first-order valence-corrected chi connectivity index (χ1v) is 7.47. The van der Waals surface area contributed by atoms with E-state index in [4.69, 9.17) is 5.73 Å². The smallest absolute Gasteiger partial charge is 0.274 e. The molecule has 0 bridgehead atoms. The molecule has 1 amide bonds. The molecule has 0 aliphatic rings. The highest BCUT2D eigenvalue weighted by atomic mass is 79.9. The van der Waals surface area contributed by atoms with Gasteiger partial charge in [-0.2, -0.15) is 0 Å². The summed E-state index contributed by atoms with van der Waals surface area (Å²) in [6.45, 7) is 1.78. The van der Waals surface area contributed by atoms with Gasteiger partial charge in [0.25, 0.3) is 5.91 Å². The third-order valence-corrected chi connectivity index (χ3v) is 4.28. The lowest BCUT2D eigenvalue weighted by atomic mass is 10.3. The molecular formula is C12H15BrN4OS. The SMILES string of the molecule is CN(Cc1cc(Br)cs1)C(=O)c1cn(CCN)cn1. The summed E-state index contributed by atoms with van der Waals surface area (Å²) in [5.41, 5.74) is 5.91. The first-order chi connectivity index (χ1) is 9.10. The van der Waals surface area contributed by atoms with Gasteiger partial charge < -0.3 is 15.2 Å². The van der Waals surface area contributed by atoms with E-state index in [0.717, 1.165) is 9.35 Å². The molecule has 7 heteroatoms. The van der Waals surface area contributed by atoms with Gasteiger partial charge in [-0.3, -0.25) is 4.79 Å². The summed E-state index contributed by atoms with van der Waals surface area (Å²) < 4.78 is 2.86. The minimum atomic E-state index is -0.0831. The topological polar surface area (TPSA) is 64.2 Å². The summed E-state index contributed by atoms with van der Waals surface area (Å²) in [6, 6.07) is 2.02. The van der Waals surface area contributed by atoms with Gasteiger partial charge in [-0.1, -0.05) is 0 Å². The number of aromatic nitrogens is 2. The van der Waals surface area contributed by atoms with Crippen molar-refractivity contribution in [2.75, 3.05) is 13.6 Å². The summed E-state index contributed by atoms with van der Waals surface area (Å²) in [7, 11) is 1.78. The molecule has 102 valence electrons. The molecule has 0 aliphatic carbocycles. The molecule has 2 aromatic rings. The number of carbonyl (C=O) groups excluding carboxylic acids is 1. The van der Waals surface area contributed by atoms with Gasteiger partial charge in [0.2, 0.25) is 0 Å². The Morgan fingerprint density at radius 1 is 1.63 bits per heavy atom. The van der Waals surface area contributed by atoms with Crippen LogP contribution < -0.4 is 5.73 Å². The van der Waals surface area contributed by atoms with E-state index in [1.165, 1.54) is 0 Å². The van der Waals surface area contributed by atoms with E-state index in [9.17, 15) is 4.79 Å². The predicted molar refractivity (Wildman–Crippen MR) is 79.1 cm³/mol. The van der Waals surface area contributed by atoms with E-state index < -0.39 is 0 Å². The fourth-order valence-electron chi connectivity index (χ4n) is 1.68. The van der Waals surface area contributed by atoms with E-state index >= 15 is 0 Å². The van der Waals surface area contributed by atoms with Crippen molar-refractivity contribution in [2.24, 2.45) is 5.73 Å². The second-order valence-electron chi connectivity index (χ2n) is 4.18. The Balaban J connectivity index is 2.01. The first-order valence-electron chi connectivity index (χ1n) is 5.80. The second kappa shape index (κ2) is 6.31. The van der Waals surface area contributed by atoms with Gasteiger partial charge in [0.1, 0.15) is 5.69 Å². The highest BCUT2D eigenvalue weighted by molar-refractivity contribution is 9.10. The van der Waals surface area contributed by atoms with Crippen LogP contribution in [0.2, 0.25) is 0 Å². The normalized spacial score (nSPS) is 10.7. The van der Waals surface area contributed by atoms with Crippen LogP contribution in [-0.2, 0) is 13.1 Å². The van der Waals surface area contributed by atoms with Crippen LogP contribution in [0, 0.1) is 0 Å². The molecule has 2 heterocycles. The summed E-state index contributed by atoms with van der Waals surface area (Å²) in [5, 5.41) is 2.00. The number of rotatable bonds is 5. The summed E-state index contributed by atoms with van der Waals surface area (Å²) in [5.74, 6) is -0.0831. The number of amides is 1. The number of imidazole rings is 1. The lowest BCUT2D eigenvalue weighted by molar-refractivity contribution is 0.0781. The minimum absolute atomic E-state index is 0.0831. The number of nitrogens with zero attached hydrogens (tertiary/aromatic N) is 3. The van der Waals surface area contributed by atoms with Crippen molar-refractivity contribution in [3.8, 4) is 0 Å². The molecule has 0 fully saturated rings. The van der Waals surface area contributed by atoms with Crippen LogP contribution in [0.4, 0.5) is 0 Å². The lowest BCUT2D eigenvalue weighted by Crippen LogP contribution is -2.26. The number of hydrogen-bond acceptors (Lipinski definition) is 4. The number of halogens is 1. The van der Waals surface area contributed by atoms with E-state index in [2.05, 4.69) is 20.9 Å². The van der Waals surface area contributed by atoms with Crippen molar-refractivity contribution in [2.45, 2.75) is 13.1 Å². The molecule has 5 nitrogen and oxygen atoms in total. The van der Waals surface area contributed by atoms with Crippen molar-refractivity contribution >= 4 is 33.2 Å². The zero-order chi connectivity index (χ0) is 13.8. The van der Waals surface area contributed by atoms with Crippen LogP contribution in [0.25, 0.3) is 0 Å². The molecule has 0 saturated heterocycles. The molecule has 0 aliphatic heterocycles. The van der Waals surface area contributed by atoms with Crippen LogP contribution in [0.1, 0.15) is 15.4 Å². The van der Waals surface area contributed by atoms with Crippen molar-refractivity contribution in [1.29, 1.82) is 0 Å². The number of nitrogens with two attached hydrogens (primary N) is 1. The number of thiophene rings is 1. The standard InChI is InChI=1S/C12H15BrN4OS/c1-16(5-10-4-9(13)7-19-10)12(18)11-6-17(3-2-14)8-15-11/h4,6-8H,2-3,5,14H2,1H3. The average Bonchev–Trinajstić information content (AvgIpc) is 2.98. The predicted octanol–water partition coefficient (Wildman–Crippen LogP) is 1.94. The zero-order valence-corrected chi connectivity index (χ0v) is 12.9. The van der Waals surface area contributed by atoms with E-state index in [-0.39, 0.29) is 5.91 Å². The maximum atomic E-state index is 12.2. The Kier molecular flexibility index (Phi) is 4.73. The molecule has 19 heavy (non-hydrogen) atoms. The van der Waals surface area contributed by atoms with Crippen LogP contribution in [-0.4, -0.2) is 34.0 Å². The summed E-state index contributed by atoms with van der Waals surface area (Å²) in [4.78, 5) is 19.1. The Bertz CT molecular complexity index is 566. The van der Waals surface area contributed by atoms with Crippen molar-refractivity contribution in [3.63, 3.8) is 0 Å². The first kappa shape index (κ1) is 14.2. The average molecular weight is 343 g/mol. The van der Waals surface area contributed by atoms with Crippen LogP contribution in [0.3, 0.4) is 0 Å². The van der Waals surface area contributed by atoms with Gasteiger partial charge in [-0.05, 0) is 22.0 Å². The van der Waals surface area contributed by atoms with Crippen molar-refractivity contribution in [3.05, 3.63) is 39.0 Å². The maximum absolute atomic E-state index is 12.2. The van der Waals surface area contributed by atoms with Crippen LogP contribution in [0.15, 0.2) is 28.4 Å². The van der Waals surface area contributed by atoms with E-state index in [1.54, 1.807) is 35.8 Å².